The predicted octanol–water partition coefficient (Wildman–Crippen LogP) is 7.97. The molecule has 2 aromatic carbocycles. The second kappa shape index (κ2) is 18.6. The Morgan fingerprint density at radius 1 is 0.895 bits per heavy atom. The molecule has 1 unspecified atom stereocenters. The lowest BCUT2D eigenvalue weighted by atomic mass is 10.0. The number of rotatable bonds is 19. The Bertz CT molecular complexity index is 1950. The first-order valence-corrected chi connectivity index (χ1v) is 19.9. The number of hydrogen-bond acceptors (Lipinski definition) is 12. The highest BCUT2D eigenvalue weighted by Crippen LogP contribution is 2.39. The van der Waals surface area contributed by atoms with Gasteiger partial charge in [-0.2, -0.15) is 8.78 Å². The maximum Gasteiger partial charge on any atom is 0.387 e. The number of halogens is 4. The fraction of sp³-hybridized carbons (Fsp3) is 0.487. The Morgan fingerprint density at radius 3 is 2.07 bits per heavy atom. The Morgan fingerprint density at radius 2 is 1.51 bits per heavy atom. The van der Waals surface area contributed by atoms with E-state index in [1.54, 1.807) is 20.8 Å². The number of ether oxygens (including phenoxy) is 6. The molecule has 13 nitrogen and oxygen atoms in total. The van der Waals surface area contributed by atoms with E-state index in [1.807, 2.05) is 0 Å². The number of carbonyl (C=O) groups is 3. The molecule has 2 aliphatic carbocycles. The first-order valence-electron chi connectivity index (χ1n) is 18.1. The van der Waals surface area contributed by atoms with Crippen LogP contribution in [-0.2, 0) is 41.5 Å². The third kappa shape index (κ3) is 12.9. The van der Waals surface area contributed by atoms with Crippen LogP contribution in [0.1, 0.15) is 87.9 Å². The van der Waals surface area contributed by atoms with Crippen LogP contribution in [-0.4, -0.2) is 69.2 Å². The standard InChI is InChI=1S/C39H44Cl2F2N2O11S/c1-38(2,3)55-34(46)19-45(57(49)50)29-12-10-25(15-32(29)51-20-22-6-7-22)35(47)56-39(4,5)36(48)53-31(16-26-27(40)17-44-18-28(26)41)24-11-13-30(54-37(42)43)33(14-24)52-21-23-8-9-23/h10-15,17-18,22-23,31,37H,6-9,16,19-21H2,1-5H3,(H,49,50)/p-1/t31-/m0/s1. The van der Waals surface area contributed by atoms with Gasteiger partial charge in [-0.3, -0.25) is 18.3 Å². The second-order valence-electron chi connectivity index (χ2n) is 15.2. The van der Waals surface area contributed by atoms with Crippen molar-refractivity contribution < 1.29 is 60.3 Å². The van der Waals surface area contributed by atoms with Crippen LogP contribution in [0, 0.1) is 11.8 Å². The lowest BCUT2D eigenvalue weighted by molar-refractivity contribution is -0.168. The monoisotopic (exact) mass is 855 g/mol. The molecule has 1 heterocycles. The molecule has 2 atom stereocenters. The summed E-state index contributed by atoms with van der Waals surface area (Å²) in [6.07, 6.45) is 5.14. The van der Waals surface area contributed by atoms with Gasteiger partial charge in [0, 0.05) is 30.1 Å². The third-order valence-corrected chi connectivity index (χ3v) is 10.0. The van der Waals surface area contributed by atoms with E-state index in [-0.39, 0.29) is 70.0 Å². The number of hydrogen-bond donors (Lipinski definition) is 0. The van der Waals surface area contributed by atoms with Crippen LogP contribution in [0.5, 0.6) is 17.2 Å². The molecule has 0 saturated heterocycles. The molecule has 2 saturated carbocycles. The van der Waals surface area contributed by atoms with E-state index in [4.69, 9.17) is 46.9 Å². The summed E-state index contributed by atoms with van der Waals surface area (Å²) in [5, 5.41) is 0.344. The van der Waals surface area contributed by atoms with E-state index < -0.39 is 59.6 Å². The fourth-order valence-corrected chi connectivity index (χ4v) is 6.38. The minimum atomic E-state index is -3.12. The number of benzene rings is 2. The molecule has 3 aromatic rings. The summed E-state index contributed by atoms with van der Waals surface area (Å²) in [5.74, 6) is -2.51. The molecule has 0 radical (unpaired) electrons. The largest absolute Gasteiger partial charge is 0.755 e. The van der Waals surface area contributed by atoms with E-state index in [0.717, 1.165) is 30.0 Å². The van der Waals surface area contributed by atoms with Crippen LogP contribution >= 0.6 is 23.2 Å². The summed E-state index contributed by atoms with van der Waals surface area (Å²) < 4.78 is 85.4. The van der Waals surface area contributed by atoms with Crippen molar-refractivity contribution in [3.63, 3.8) is 0 Å². The molecule has 0 aliphatic heterocycles. The van der Waals surface area contributed by atoms with Crippen molar-refractivity contribution in [1.82, 2.24) is 4.98 Å². The maximum absolute atomic E-state index is 13.9. The zero-order chi connectivity index (χ0) is 41.7. The molecular formula is C39H43Cl2F2N2O11S-. The molecule has 2 aliphatic rings. The third-order valence-electron chi connectivity index (χ3n) is 8.67. The van der Waals surface area contributed by atoms with E-state index in [1.165, 1.54) is 62.6 Å². The van der Waals surface area contributed by atoms with Gasteiger partial charge in [0.2, 0.25) is 5.60 Å². The number of esters is 3. The van der Waals surface area contributed by atoms with Gasteiger partial charge in [-0.25, -0.2) is 9.59 Å². The fourth-order valence-electron chi connectivity index (χ4n) is 5.34. The van der Waals surface area contributed by atoms with Gasteiger partial charge >= 0.3 is 24.5 Å². The average Bonchev–Trinajstić information content (AvgIpc) is 4.05. The molecule has 0 bridgehead atoms. The molecule has 1 aromatic heterocycles. The zero-order valence-electron chi connectivity index (χ0n) is 31.9. The van der Waals surface area contributed by atoms with Gasteiger partial charge in [0.05, 0.1) is 34.5 Å². The summed E-state index contributed by atoms with van der Waals surface area (Å²) >= 11 is 9.92. The van der Waals surface area contributed by atoms with Crippen LogP contribution in [0.15, 0.2) is 48.8 Å². The summed E-state index contributed by atoms with van der Waals surface area (Å²) in [5.41, 5.74) is -2.25. The minimum Gasteiger partial charge on any atom is -0.755 e. The van der Waals surface area contributed by atoms with Crippen LogP contribution in [0.2, 0.25) is 10.0 Å². The summed E-state index contributed by atoms with van der Waals surface area (Å²) in [6, 6.07) is 7.93. The van der Waals surface area contributed by atoms with Crippen LogP contribution in [0.4, 0.5) is 14.5 Å². The molecule has 0 spiro atoms. The maximum atomic E-state index is 13.9. The van der Waals surface area contributed by atoms with E-state index in [2.05, 4.69) is 9.72 Å². The lowest BCUT2D eigenvalue weighted by Gasteiger charge is -2.29. The first kappa shape index (κ1) is 43.9. The van der Waals surface area contributed by atoms with Crippen molar-refractivity contribution in [1.29, 1.82) is 0 Å². The first-order chi connectivity index (χ1) is 26.8. The van der Waals surface area contributed by atoms with Crippen molar-refractivity contribution in [2.45, 2.75) is 90.6 Å². The van der Waals surface area contributed by atoms with Gasteiger partial charge in [0.1, 0.15) is 24.0 Å². The molecule has 0 N–H and O–H groups in total. The molecule has 2 fully saturated rings. The van der Waals surface area contributed by atoms with E-state index in [0.29, 0.717) is 11.1 Å². The van der Waals surface area contributed by atoms with E-state index >= 15 is 0 Å². The van der Waals surface area contributed by atoms with Gasteiger partial charge in [0.15, 0.2) is 11.5 Å². The Balaban J connectivity index is 1.40. The predicted molar refractivity (Wildman–Crippen MR) is 204 cm³/mol. The molecule has 18 heteroatoms. The molecule has 0 amide bonds. The second-order valence-corrected chi connectivity index (χ2v) is 16.9. The van der Waals surface area contributed by atoms with Crippen molar-refractivity contribution >= 4 is 58.1 Å². The Kier molecular flexibility index (Phi) is 14.3. The van der Waals surface area contributed by atoms with Crippen molar-refractivity contribution in [2.24, 2.45) is 11.8 Å². The van der Waals surface area contributed by atoms with Crippen LogP contribution in [0.25, 0.3) is 0 Å². The van der Waals surface area contributed by atoms with Crippen molar-refractivity contribution in [3.8, 4) is 17.2 Å². The zero-order valence-corrected chi connectivity index (χ0v) is 34.2. The normalized spacial score (nSPS) is 15.4. The summed E-state index contributed by atoms with van der Waals surface area (Å²) in [7, 11) is 0. The van der Waals surface area contributed by atoms with Crippen LogP contribution in [0.3, 0.4) is 0 Å². The SMILES string of the molecule is CC(C)(C)OC(=O)CN(c1ccc(C(=O)OC(C)(C)C(=O)O[C@@H](Cc2c(Cl)cncc2Cl)c2ccc(OC(F)F)c(OCC3CC3)c2)cc1OCC1CC1)S(=O)[O-]. The highest BCUT2D eigenvalue weighted by atomic mass is 35.5. The van der Waals surface area contributed by atoms with Gasteiger partial charge in [-0.05, 0) is 114 Å². The average molecular weight is 857 g/mol. The minimum absolute atomic E-state index is 0.00647. The number of pyridine rings is 1. The van der Waals surface area contributed by atoms with Gasteiger partial charge < -0.3 is 33.0 Å². The summed E-state index contributed by atoms with van der Waals surface area (Å²) in [4.78, 5) is 44.1. The van der Waals surface area contributed by atoms with Gasteiger partial charge in [-0.15, -0.1) is 0 Å². The van der Waals surface area contributed by atoms with E-state index in [9.17, 15) is 31.9 Å². The summed E-state index contributed by atoms with van der Waals surface area (Å²) in [6.45, 7) is 4.25. The van der Waals surface area contributed by atoms with Gasteiger partial charge in [-0.1, -0.05) is 29.3 Å². The Labute approximate surface area is 341 Å². The highest BCUT2D eigenvalue weighted by Gasteiger charge is 2.37. The van der Waals surface area contributed by atoms with Crippen molar-refractivity contribution in [3.05, 3.63) is 75.5 Å². The van der Waals surface area contributed by atoms with Crippen LogP contribution < -0.4 is 18.5 Å². The quantitative estimate of drug-likeness (QED) is 0.0650. The molecule has 5 rings (SSSR count). The number of anilines is 1. The topological polar surface area (TPSA) is 163 Å². The smallest absolute Gasteiger partial charge is 0.387 e. The number of carbonyl (C=O) groups excluding carboxylic acids is 3. The Hall–Kier alpha value is -4.25. The highest BCUT2D eigenvalue weighted by molar-refractivity contribution is 7.80. The van der Waals surface area contributed by atoms with Crippen molar-refractivity contribution in [2.75, 3.05) is 24.1 Å². The number of aromatic nitrogens is 1. The van der Waals surface area contributed by atoms with Gasteiger partial charge in [0.25, 0.3) is 0 Å². The molecular weight excluding hydrogens is 813 g/mol. The molecule has 310 valence electrons. The number of nitrogens with zero attached hydrogens (tertiary/aromatic N) is 2. The lowest BCUT2D eigenvalue weighted by Crippen LogP contribution is -2.39. The number of alkyl halides is 2. The molecule has 57 heavy (non-hydrogen) atoms.